The van der Waals surface area contributed by atoms with Gasteiger partial charge in [-0.3, -0.25) is 4.90 Å². The quantitative estimate of drug-likeness (QED) is 0.858. The average molecular weight is 284 g/mol. The Kier molecular flexibility index (Phi) is 3.79. The molecular formula is C12H20N4O2S. The first-order valence-corrected chi connectivity index (χ1v) is 7.83. The highest BCUT2D eigenvalue weighted by Gasteiger charge is 2.37. The van der Waals surface area contributed by atoms with Gasteiger partial charge in [0.15, 0.2) is 5.82 Å². The molecule has 6 nitrogen and oxygen atoms in total. The van der Waals surface area contributed by atoms with Crippen LogP contribution in [-0.4, -0.2) is 53.4 Å². The summed E-state index contributed by atoms with van der Waals surface area (Å²) in [5.74, 6) is 3.50. The molecule has 2 aliphatic heterocycles. The van der Waals surface area contributed by atoms with Crippen molar-refractivity contribution in [2.45, 2.75) is 24.4 Å². The highest BCUT2D eigenvalue weighted by molar-refractivity contribution is 7.99. The molecule has 1 atom stereocenters. The Bertz CT molecular complexity index is 433. The van der Waals surface area contributed by atoms with Gasteiger partial charge in [-0.1, -0.05) is 5.16 Å². The Morgan fingerprint density at radius 1 is 1.42 bits per heavy atom. The lowest BCUT2D eigenvalue weighted by molar-refractivity contribution is 0.0400. The molecule has 0 radical (unpaired) electrons. The monoisotopic (exact) mass is 284 g/mol. The van der Waals surface area contributed by atoms with Crippen LogP contribution in [-0.2, 0) is 10.3 Å². The number of rotatable bonds is 2. The molecule has 106 valence electrons. The minimum atomic E-state index is -0.510. The Balaban J connectivity index is 1.78. The first-order valence-electron chi connectivity index (χ1n) is 6.68. The fourth-order valence-corrected chi connectivity index (χ4v) is 3.69. The summed E-state index contributed by atoms with van der Waals surface area (Å²) in [5.41, 5.74) is 5.85. The number of aromatic nitrogens is 2. The molecule has 1 aromatic rings. The molecule has 2 aliphatic rings. The van der Waals surface area contributed by atoms with Crippen LogP contribution in [0.4, 0.5) is 0 Å². The van der Waals surface area contributed by atoms with Crippen molar-refractivity contribution in [3.8, 4) is 0 Å². The summed E-state index contributed by atoms with van der Waals surface area (Å²) < 4.78 is 10.8. The molecule has 1 aromatic heterocycles. The summed E-state index contributed by atoms with van der Waals surface area (Å²) in [5, 5.41) is 4.15. The topological polar surface area (TPSA) is 77.4 Å². The smallest absolute Gasteiger partial charge is 0.246 e. The minimum absolute atomic E-state index is 0.236. The number of hydrogen-bond donors (Lipinski definition) is 1. The molecule has 0 aromatic carbocycles. The van der Waals surface area contributed by atoms with Crippen molar-refractivity contribution in [3.63, 3.8) is 0 Å². The van der Waals surface area contributed by atoms with Crippen LogP contribution < -0.4 is 5.73 Å². The van der Waals surface area contributed by atoms with Crippen LogP contribution in [0.5, 0.6) is 0 Å². The summed E-state index contributed by atoms with van der Waals surface area (Å²) in [7, 11) is 2.10. The van der Waals surface area contributed by atoms with E-state index in [0.29, 0.717) is 19.1 Å². The van der Waals surface area contributed by atoms with Gasteiger partial charge in [-0.15, -0.1) is 0 Å². The third kappa shape index (κ3) is 2.65. The zero-order valence-electron chi connectivity index (χ0n) is 11.2. The predicted molar refractivity (Wildman–Crippen MR) is 72.9 cm³/mol. The maximum Gasteiger partial charge on any atom is 0.246 e. The van der Waals surface area contributed by atoms with Crippen LogP contribution in [0, 0.1) is 0 Å². The van der Waals surface area contributed by atoms with Gasteiger partial charge in [0.25, 0.3) is 0 Å². The summed E-state index contributed by atoms with van der Waals surface area (Å²) in [6, 6.07) is 0.236. The fraction of sp³-hybridized carbons (Fsp3) is 0.833. The standard InChI is InChI=1S/C12H20N4O2S/c1-16-4-7-19-8-9(16)10-14-11(18-15-10)12(13)2-5-17-6-3-12/h9H,2-8,13H2,1H3. The summed E-state index contributed by atoms with van der Waals surface area (Å²) >= 11 is 1.93. The lowest BCUT2D eigenvalue weighted by Gasteiger charge is -2.30. The molecule has 0 saturated carbocycles. The molecule has 19 heavy (non-hydrogen) atoms. The number of hydrogen-bond acceptors (Lipinski definition) is 7. The van der Waals surface area contributed by atoms with Gasteiger partial charge in [0.2, 0.25) is 5.89 Å². The Morgan fingerprint density at radius 3 is 2.95 bits per heavy atom. The van der Waals surface area contributed by atoms with Crippen LogP contribution in [0.1, 0.15) is 30.6 Å². The van der Waals surface area contributed by atoms with E-state index in [4.69, 9.17) is 15.0 Å². The van der Waals surface area contributed by atoms with Crippen molar-refractivity contribution >= 4 is 11.8 Å². The van der Waals surface area contributed by atoms with E-state index in [-0.39, 0.29) is 6.04 Å². The van der Waals surface area contributed by atoms with E-state index in [1.165, 1.54) is 0 Å². The number of ether oxygens (including phenoxy) is 1. The van der Waals surface area contributed by atoms with E-state index in [1.807, 2.05) is 11.8 Å². The minimum Gasteiger partial charge on any atom is -0.381 e. The summed E-state index contributed by atoms with van der Waals surface area (Å²) in [6.07, 6.45) is 1.48. The second-order valence-corrected chi connectivity index (χ2v) is 6.45. The molecule has 2 saturated heterocycles. The van der Waals surface area contributed by atoms with Crippen molar-refractivity contribution in [2.75, 3.05) is 38.3 Å². The predicted octanol–water partition coefficient (Wildman–Crippen LogP) is 0.754. The van der Waals surface area contributed by atoms with Gasteiger partial charge in [0.1, 0.15) is 5.54 Å². The number of nitrogens with zero attached hydrogens (tertiary/aromatic N) is 3. The van der Waals surface area contributed by atoms with Gasteiger partial charge in [-0.25, -0.2) is 0 Å². The third-order valence-corrected chi connectivity index (χ3v) is 4.97. The molecule has 0 amide bonds. The van der Waals surface area contributed by atoms with Crippen molar-refractivity contribution in [3.05, 3.63) is 11.7 Å². The maximum absolute atomic E-state index is 6.36. The van der Waals surface area contributed by atoms with Gasteiger partial charge >= 0.3 is 0 Å². The fourth-order valence-electron chi connectivity index (χ4n) is 2.48. The molecule has 7 heteroatoms. The van der Waals surface area contributed by atoms with Gasteiger partial charge in [0, 0.05) is 31.3 Å². The average Bonchev–Trinajstić information content (AvgIpc) is 2.90. The molecule has 0 bridgehead atoms. The normalized spacial score (nSPS) is 28.4. The van der Waals surface area contributed by atoms with Crippen LogP contribution in [0.2, 0.25) is 0 Å². The maximum atomic E-state index is 6.36. The second-order valence-electron chi connectivity index (χ2n) is 5.30. The van der Waals surface area contributed by atoms with Crippen LogP contribution in [0.15, 0.2) is 4.52 Å². The molecule has 0 aliphatic carbocycles. The Morgan fingerprint density at radius 2 is 2.21 bits per heavy atom. The van der Waals surface area contributed by atoms with E-state index < -0.39 is 5.54 Å². The van der Waals surface area contributed by atoms with E-state index in [1.54, 1.807) is 0 Å². The second kappa shape index (κ2) is 5.40. The zero-order chi connectivity index (χ0) is 13.3. The Labute approximate surface area is 117 Å². The molecule has 3 rings (SSSR count). The number of thioether (sulfide) groups is 1. The van der Waals surface area contributed by atoms with Gasteiger partial charge < -0.3 is 15.0 Å². The third-order valence-electron chi connectivity index (χ3n) is 3.95. The van der Waals surface area contributed by atoms with Crippen LogP contribution in [0.25, 0.3) is 0 Å². The first-order chi connectivity index (χ1) is 9.19. The van der Waals surface area contributed by atoms with E-state index in [2.05, 4.69) is 22.1 Å². The largest absolute Gasteiger partial charge is 0.381 e. The molecule has 2 fully saturated rings. The molecule has 3 heterocycles. The van der Waals surface area contributed by atoms with Gasteiger partial charge in [-0.2, -0.15) is 16.7 Å². The van der Waals surface area contributed by atoms with Crippen molar-refractivity contribution in [2.24, 2.45) is 5.73 Å². The van der Waals surface area contributed by atoms with Crippen LogP contribution in [0.3, 0.4) is 0 Å². The summed E-state index contributed by atoms with van der Waals surface area (Å²) in [4.78, 5) is 6.84. The van der Waals surface area contributed by atoms with E-state index >= 15 is 0 Å². The molecule has 0 spiro atoms. The summed E-state index contributed by atoms with van der Waals surface area (Å²) in [6.45, 7) is 2.38. The molecule has 1 unspecified atom stereocenters. The lowest BCUT2D eigenvalue weighted by Crippen LogP contribution is -2.42. The van der Waals surface area contributed by atoms with E-state index in [9.17, 15) is 0 Å². The first kappa shape index (κ1) is 13.4. The van der Waals surface area contributed by atoms with Gasteiger partial charge in [-0.05, 0) is 19.9 Å². The SMILES string of the molecule is CN1CCSCC1c1noc(C2(N)CCOCC2)n1. The zero-order valence-corrected chi connectivity index (χ0v) is 12.0. The van der Waals surface area contributed by atoms with Gasteiger partial charge in [0.05, 0.1) is 6.04 Å². The van der Waals surface area contributed by atoms with Crippen molar-refractivity contribution in [1.29, 1.82) is 0 Å². The molecular weight excluding hydrogens is 264 g/mol. The van der Waals surface area contributed by atoms with Crippen molar-refractivity contribution < 1.29 is 9.26 Å². The number of nitrogens with two attached hydrogens (primary N) is 1. The molecule has 2 N–H and O–H groups in total. The Hall–Kier alpha value is -0.630. The highest BCUT2D eigenvalue weighted by atomic mass is 32.2. The van der Waals surface area contributed by atoms with Crippen LogP contribution >= 0.6 is 11.8 Å². The van der Waals surface area contributed by atoms with Crippen molar-refractivity contribution in [1.82, 2.24) is 15.0 Å². The highest BCUT2D eigenvalue weighted by Crippen LogP contribution is 2.31. The van der Waals surface area contributed by atoms with E-state index in [0.717, 1.165) is 36.7 Å². The lowest BCUT2D eigenvalue weighted by atomic mass is 9.91.